The molecule has 1 aliphatic heterocycles. The van der Waals surface area contributed by atoms with Crippen molar-refractivity contribution in [3.05, 3.63) is 71.8 Å². The van der Waals surface area contributed by atoms with Gasteiger partial charge in [0.15, 0.2) is 5.13 Å². The van der Waals surface area contributed by atoms with Gasteiger partial charge in [-0.2, -0.15) is 0 Å². The number of hydrogen-bond donors (Lipinski definition) is 2. The summed E-state index contributed by atoms with van der Waals surface area (Å²) in [4.78, 5) is 50.8. The summed E-state index contributed by atoms with van der Waals surface area (Å²) in [6.07, 6.45) is 0.353. The van der Waals surface area contributed by atoms with Gasteiger partial charge in [-0.25, -0.2) is 9.97 Å². The summed E-state index contributed by atoms with van der Waals surface area (Å²) in [5.41, 5.74) is 4.60. The molecule has 10 heteroatoms. The van der Waals surface area contributed by atoms with Crippen molar-refractivity contribution in [2.45, 2.75) is 20.3 Å². The van der Waals surface area contributed by atoms with Crippen LogP contribution in [0.3, 0.4) is 0 Å². The maximum atomic E-state index is 12.8. The van der Waals surface area contributed by atoms with Crippen molar-refractivity contribution < 1.29 is 14.4 Å². The molecule has 2 aromatic carbocycles. The zero-order valence-electron chi connectivity index (χ0n) is 21.9. The molecular weight excluding hydrogens is 512 g/mol. The number of benzene rings is 2. The highest BCUT2D eigenvalue weighted by atomic mass is 32.1. The van der Waals surface area contributed by atoms with E-state index in [-0.39, 0.29) is 17.7 Å². The molecule has 5 rings (SSSR count). The molecule has 0 unspecified atom stereocenters. The van der Waals surface area contributed by atoms with Gasteiger partial charge in [0.1, 0.15) is 10.3 Å². The van der Waals surface area contributed by atoms with E-state index in [4.69, 9.17) is 4.98 Å². The highest BCUT2D eigenvalue weighted by Crippen LogP contribution is 2.28. The zero-order chi connectivity index (χ0) is 27.4. The van der Waals surface area contributed by atoms with Crippen molar-refractivity contribution in [1.82, 2.24) is 19.8 Å². The molecule has 0 bridgehead atoms. The van der Waals surface area contributed by atoms with Gasteiger partial charge in [-0.15, -0.1) is 0 Å². The first-order valence-electron chi connectivity index (χ1n) is 12.9. The number of nitrogens with zero attached hydrogens (tertiary/aromatic N) is 4. The third kappa shape index (κ3) is 6.65. The number of pyridine rings is 1. The maximum absolute atomic E-state index is 12.8. The van der Waals surface area contributed by atoms with Gasteiger partial charge < -0.3 is 15.5 Å². The van der Waals surface area contributed by atoms with Crippen molar-refractivity contribution in [2.75, 3.05) is 43.4 Å². The number of piperazine rings is 1. The lowest BCUT2D eigenvalue weighted by molar-refractivity contribution is -0.130. The molecule has 2 N–H and O–H groups in total. The molecule has 39 heavy (non-hydrogen) atoms. The van der Waals surface area contributed by atoms with Crippen LogP contribution in [0.2, 0.25) is 0 Å². The normalized spacial score (nSPS) is 13.8. The predicted molar refractivity (Wildman–Crippen MR) is 154 cm³/mol. The van der Waals surface area contributed by atoms with E-state index in [0.717, 1.165) is 35.6 Å². The molecule has 0 atom stereocenters. The molecule has 200 valence electrons. The number of carbonyl (C=O) groups excluding carboxylic acids is 3. The number of nitrogens with one attached hydrogen (secondary N) is 2. The van der Waals surface area contributed by atoms with Gasteiger partial charge in [-0.1, -0.05) is 35.6 Å². The number of aryl methyl sites for hydroxylation is 1. The Morgan fingerprint density at radius 3 is 2.49 bits per heavy atom. The third-order valence-corrected chi connectivity index (χ3v) is 7.55. The number of rotatable bonds is 7. The maximum Gasteiger partial charge on any atom is 0.255 e. The van der Waals surface area contributed by atoms with E-state index < -0.39 is 0 Å². The van der Waals surface area contributed by atoms with Crippen molar-refractivity contribution in [3.8, 4) is 11.3 Å². The number of hydrogen-bond acceptors (Lipinski definition) is 7. The van der Waals surface area contributed by atoms with Gasteiger partial charge in [0, 0.05) is 62.9 Å². The number of aromatic nitrogens is 2. The summed E-state index contributed by atoms with van der Waals surface area (Å²) < 4.78 is 0. The molecule has 0 saturated carbocycles. The first kappa shape index (κ1) is 26.5. The Hall–Kier alpha value is -4.15. The first-order valence-corrected chi connectivity index (χ1v) is 13.7. The average Bonchev–Trinajstić information content (AvgIpc) is 3.33. The van der Waals surface area contributed by atoms with E-state index in [9.17, 15) is 14.4 Å². The van der Waals surface area contributed by atoms with Gasteiger partial charge in [0.2, 0.25) is 11.8 Å². The van der Waals surface area contributed by atoms with Gasteiger partial charge in [0.05, 0.1) is 5.69 Å². The Morgan fingerprint density at radius 1 is 0.923 bits per heavy atom. The third-order valence-electron chi connectivity index (χ3n) is 6.67. The molecule has 3 heterocycles. The molecule has 1 aliphatic rings. The highest BCUT2D eigenvalue weighted by Gasteiger charge is 2.19. The van der Waals surface area contributed by atoms with Crippen LogP contribution < -0.4 is 10.6 Å². The van der Waals surface area contributed by atoms with Crippen LogP contribution in [0.4, 0.5) is 10.8 Å². The fourth-order valence-electron chi connectivity index (χ4n) is 4.50. The van der Waals surface area contributed by atoms with Crippen molar-refractivity contribution in [2.24, 2.45) is 0 Å². The lowest BCUT2D eigenvalue weighted by Gasteiger charge is -2.33. The fraction of sp³-hybridized carbons (Fsp3) is 0.276. The lowest BCUT2D eigenvalue weighted by Crippen LogP contribution is -2.48. The first-order chi connectivity index (χ1) is 18.8. The molecular formula is C29H30N6O3S. The average molecular weight is 543 g/mol. The summed E-state index contributed by atoms with van der Waals surface area (Å²) in [5.74, 6) is -0.195. The summed E-state index contributed by atoms with van der Waals surface area (Å²) in [5, 5.41) is 6.34. The topological polar surface area (TPSA) is 108 Å². The number of carbonyl (C=O) groups is 3. The summed E-state index contributed by atoms with van der Waals surface area (Å²) >= 11 is 1.32. The second-order valence-electron chi connectivity index (χ2n) is 9.59. The molecule has 9 nitrogen and oxygen atoms in total. The Kier molecular flexibility index (Phi) is 7.94. The highest BCUT2D eigenvalue weighted by molar-refractivity contribution is 7.22. The Balaban J connectivity index is 1.21. The molecule has 0 radical (unpaired) electrons. The molecule has 3 amide bonds. The molecule has 1 fully saturated rings. The Morgan fingerprint density at radius 2 is 1.72 bits per heavy atom. The van der Waals surface area contributed by atoms with Gasteiger partial charge in [-0.3, -0.25) is 19.3 Å². The molecule has 0 spiro atoms. The van der Waals surface area contributed by atoms with Gasteiger partial charge >= 0.3 is 0 Å². The minimum atomic E-state index is -0.188. The monoisotopic (exact) mass is 542 g/mol. The minimum Gasteiger partial charge on any atom is -0.340 e. The van der Waals surface area contributed by atoms with Crippen molar-refractivity contribution in [1.29, 1.82) is 0 Å². The summed E-state index contributed by atoms with van der Waals surface area (Å²) in [6, 6.07) is 18.8. The largest absolute Gasteiger partial charge is 0.340 e. The second-order valence-corrected chi connectivity index (χ2v) is 10.6. The van der Waals surface area contributed by atoms with Crippen LogP contribution in [-0.4, -0.2) is 70.2 Å². The van der Waals surface area contributed by atoms with E-state index in [2.05, 4.69) is 20.5 Å². The minimum absolute atomic E-state index is 0.0938. The lowest BCUT2D eigenvalue weighted by atomic mass is 10.1. The Bertz CT molecular complexity index is 1530. The van der Waals surface area contributed by atoms with Crippen LogP contribution in [0.1, 0.15) is 29.3 Å². The molecule has 0 aliphatic carbocycles. The van der Waals surface area contributed by atoms with Crippen LogP contribution >= 0.6 is 11.3 Å². The van der Waals surface area contributed by atoms with Crippen molar-refractivity contribution in [3.63, 3.8) is 0 Å². The molecule has 1 saturated heterocycles. The van der Waals surface area contributed by atoms with E-state index in [1.165, 1.54) is 11.3 Å². The standard InChI is InChI=1S/C29H30N6O3S/c1-19-5-3-8-23(17-19)30-27(38)22-7-4-6-21(18-22)24-9-10-25-28(31-24)39-29(32-25)33-26(37)11-12-34-13-15-35(16-14-34)20(2)36/h3-10,17-18H,11-16H2,1-2H3,(H,30,38)(H,32,33,37). The SMILES string of the molecule is CC(=O)N1CCN(CCC(=O)Nc2nc3ccc(-c4cccc(C(=O)Nc5cccc(C)c5)c4)nc3s2)CC1. The zero-order valence-corrected chi connectivity index (χ0v) is 22.8. The molecule has 2 aromatic heterocycles. The van der Waals surface area contributed by atoms with Gasteiger partial charge in [-0.05, 0) is 48.9 Å². The van der Waals surface area contributed by atoms with Crippen LogP contribution in [0, 0.1) is 6.92 Å². The molecule has 4 aromatic rings. The van der Waals surface area contributed by atoms with Crippen LogP contribution in [0.5, 0.6) is 0 Å². The van der Waals surface area contributed by atoms with E-state index in [0.29, 0.717) is 47.1 Å². The summed E-state index contributed by atoms with van der Waals surface area (Å²) in [7, 11) is 0. The number of amides is 3. The van der Waals surface area contributed by atoms with Crippen LogP contribution in [0.15, 0.2) is 60.7 Å². The number of anilines is 2. The Labute approximate surface area is 230 Å². The fourth-order valence-corrected chi connectivity index (χ4v) is 5.36. The summed E-state index contributed by atoms with van der Waals surface area (Å²) in [6.45, 7) is 7.15. The van der Waals surface area contributed by atoms with E-state index >= 15 is 0 Å². The van der Waals surface area contributed by atoms with Crippen LogP contribution in [0.25, 0.3) is 21.6 Å². The number of fused-ring (bicyclic) bond motifs is 1. The number of thiazole rings is 1. The smallest absolute Gasteiger partial charge is 0.255 e. The van der Waals surface area contributed by atoms with E-state index in [1.54, 1.807) is 13.0 Å². The van der Waals surface area contributed by atoms with E-state index in [1.807, 2.05) is 66.4 Å². The van der Waals surface area contributed by atoms with Crippen molar-refractivity contribution >= 4 is 50.2 Å². The second kappa shape index (κ2) is 11.7. The van der Waals surface area contributed by atoms with Crippen LogP contribution in [-0.2, 0) is 9.59 Å². The quantitative estimate of drug-likeness (QED) is 0.358. The predicted octanol–water partition coefficient (Wildman–Crippen LogP) is 4.41. The van der Waals surface area contributed by atoms with Gasteiger partial charge in [0.25, 0.3) is 5.91 Å².